The first-order chi connectivity index (χ1) is 17.1. The Morgan fingerprint density at radius 2 is 1.53 bits per heavy atom. The minimum absolute atomic E-state index is 0.153. The minimum Gasteiger partial charge on any atom is -0.497 e. The van der Waals surface area contributed by atoms with Crippen molar-refractivity contribution in [2.75, 3.05) is 46.5 Å². The largest absolute Gasteiger partial charge is 0.497 e. The second-order valence-electron chi connectivity index (χ2n) is 8.73. The molecule has 3 rings (SSSR count). The zero-order valence-electron chi connectivity index (χ0n) is 20.0. The fourth-order valence-electron chi connectivity index (χ4n) is 3.90. The normalized spacial score (nSPS) is 17.0. The highest BCUT2D eigenvalue weighted by Gasteiger charge is 2.34. The lowest BCUT2D eigenvalue weighted by molar-refractivity contribution is -0.140. The van der Waals surface area contributed by atoms with Crippen molar-refractivity contribution in [2.45, 2.75) is 37.3 Å². The van der Waals surface area contributed by atoms with Crippen molar-refractivity contribution in [1.29, 1.82) is 0 Å². The Kier molecular flexibility index (Phi) is 10.2. The van der Waals surface area contributed by atoms with Gasteiger partial charge < -0.3 is 34.6 Å². The van der Waals surface area contributed by atoms with Gasteiger partial charge in [0, 0.05) is 19.1 Å². The number of methoxy groups -OCH3 is 1. The van der Waals surface area contributed by atoms with Gasteiger partial charge >= 0.3 is 6.18 Å². The lowest BCUT2D eigenvalue weighted by atomic mass is 10.0. The highest BCUT2D eigenvalue weighted by molar-refractivity contribution is 5.32. The Morgan fingerprint density at radius 3 is 2.17 bits per heavy atom. The van der Waals surface area contributed by atoms with E-state index in [0.717, 1.165) is 24.7 Å². The first-order valence-corrected chi connectivity index (χ1v) is 11.7. The number of aliphatic hydroxyl groups is 2. The molecule has 1 fully saturated rings. The van der Waals surface area contributed by atoms with Crippen LogP contribution in [0.5, 0.6) is 17.2 Å². The molecule has 3 N–H and O–H groups in total. The van der Waals surface area contributed by atoms with E-state index in [2.05, 4.69) is 5.32 Å². The number of β-amino-alcohol motifs (C(OH)–C–C–N with tert-alkyl or cyclic N) is 1. The van der Waals surface area contributed by atoms with Crippen molar-refractivity contribution in [3.8, 4) is 17.2 Å². The van der Waals surface area contributed by atoms with Gasteiger partial charge in [0.2, 0.25) is 0 Å². The third kappa shape index (κ3) is 8.81. The molecule has 36 heavy (non-hydrogen) atoms. The lowest BCUT2D eigenvalue weighted by Gasteiger charge is -2.33. The molecule has 2 aromatic rings. The summed E-state index contributed by atoms with van der Waals surface area (Å²) in [6, 6.07) is 9.71. The molecule has 200 valence electrons. The number of halogens is 4. The van der Waals surface area contributed by atoms with Crippen LogP contribution < -0.4 is 19.5 Å². The van der Waals surface area contributed by atoms with Gasteiger partial charge in [0.25, 0.3) is 0 Å². The number of ether oxygens (including phenoxy) is 3. The molecule has 2 atom stereocenters. The highest BCUT2D eigenvalue weighted by Crippen LogP contribution is 2.33. The minimum atomic E-state index is -4.82. The number of rotatable bonds is 12. The van der Waals surface area contributed by atoms with Crippen molar-refractivity contribution in [1.82, 2.24) is 10.2 Å². The molecule has 0 bridgehead atoms. The van der Waals surface area contributed by atoms with Crippen LogP contribution in [0.3, 0.4) is 0 Å². The van der Waals surface area contributed by atoms with Crippen LogP contribution >= 0.6 is 0 Å². The fraction of sp³-hybridized carbons (Fsp3) is 0.520. The summed E-state index contributed by atoms with van der Waals surface area (Å²) in [5.41, 5.74) is -1.40. The molecule has 1 saturated heterocycles. The maximum absolute atomic E-state index is 13.4. The van der Waals surface area contributed by atoms with Gasteiger partial charge in [0.05, 0.1) is 12.7 Å². The van der Waals surface area contributed by atoms with E-state index in [4.69, 9.17) is 14.2 Å². The number of aliphatic hydroxyl groups excluding tert-OH is 2. The van der Waals surface area contributed by atoms with E-state index in [-0.39, 0.29) is 25.0 Å². The average molecular weight is 517 g/mol. The lowest BCUT2D eigenvalue weighted by Crippen LogP contribution is -2.47. The van der Waals surface area contributed by atoms with E-state index < -0.39 is 29.8 Å². The van der Waals surface area contributed by atoms with Crippen LogP contribution in [0.4, 0.5) is 17.6 Å². The Balaban J connectivity index is 1.31. The number of alkyl halides is 3. The quantitative estimate of drug-likeness (QED) is 0.374. The van der Waals surface area contributed by atoms with Gasteiger partial charge in [0.1, 0.15) is 48.5 Å². The zero-order chi connectivity index (χ0) is 26.1. The molecule has 0 saturated carbocycles. The maximum Gasteiger partial charge on any atom is 0.419 e. The number of likely N-dealkylation sites (tertiary alicyclic amines) is 1. The summed E-state index contributed by atoms with van der Waals surface area (Å²) < 4.78 is 67.8. The van der Waals surface area contributed by atoms with E-state index >= 15 is 0 Å². The van der Waals surface area contributed by atoms with Gasteiger partial charge in [0.15, 0.2) is 0 Å². The maximum atomic E-state index is 13.4. The molecule has 0 radical (unpaired) electrons. The van der Waals surface area contributed by atoms with Crippen molar-refractivity contribution in [2.24, 2.45) is 0 Å². The summed E-state index contributed by atoms with van der Waals surface area (Å²) in [6.07, 6.45) is -4.78. The Morgan fingerprint density at radius 1 is 0.944 bits per heavy atom. The molecule has 0 aromatic heterocycles. The summed E-state index contributed by atoms with van der Waals surface area (Å²) in [6.45, 7) is 2.06. The molecule has 2 aromatic carbocycles. The number of nitrogens with one attached hydrogen (secondary N) is 1. The van der Waals surface area contributed by atoms with Gasteiger partial charge in [-0.2, -0.15) is 13.2 Å². The van der Waals surface area contributed by atoms with Crippen LogP contribution in [-0.2, 0) is 6.18 Å². The van der Waals surface area contributed by atoms with Crippen LogP contribution in [0.25, 0.3) is 0 Å². The predicted octanol–water partition coefficient (Wildman–Crippen LogP) is 3.09. The zero-order valence-corrected chi connectivity index (χ0v) is 20.0. The van der Waals surface area contributed by atoms with E-state index in [1.165, 1.54) is 0 Å². The number of piperidine rings is 1. The van der Waals surface area contributed by atoms with Crippen LogP contribution in [0, 0.1) is 5.82 Å². The molecular weight excluding hydrogens is 484 g/mol. The van der Waals surface area contributed by atoms with Gasteiger partial charge in [-0.05, 0) is 68.4 Å². The third-order valence-electron chi connectivity index (χ3n) is 5.89. The third-order valence-corrected chi connectivity index (χ3v) is 5.89. The van der Waals surface area contributed by atoms with Crippen molar-refractivity contribution in [3.63, 3.8) is 0 Å². The number of benzene rings is 2. The number of hydrogen-bond acceptors (Lipinski definition) is 7. The molecule has 7 nitrogen and oxygen atoms in total. The molecule has 0 spiro atoms. The molecule has 1 aliphatic heterocycles. The summed E-state index contributed by atoms with van der Waals surface area (Å²) in [5, 5.41) is 23.8. The van der Waals surface area contributed by atoms with E-state index in [0.29, 0.717) is 44.1 Å². The van der Waals surface area contributed by atoms with Gasteiger partial charge in [-0.3, -0.25) is 0 Å². The SMILES string of the molecule is COc1ccc(OC[C@@H](O)CNC2CCN(C[C@H](O)COc3ccc(F)c(C(F)(F)F)c3)CC2)cc1. The van der Waals surface area contributed by atoms with Crippen LogP contribution in [0.1, 0.15) is 18.4 Å². The Bertz CT molecular complexity index is 937. The Hall–Kier alpha value is -2.60. The molecule has 11 heteroatoms. The predicted molar refractivity (Wildman–Crippen MR) is 125 cm³/mol. The van der Waals surface area contributed by atoms with E-state index in [1.54, 1.807) is 31.4 Å². The molecule has 1 heterocycles. The van der Waals surface area contributed by atoms with Gasteiger partial charge in [-0.15, -0.1) is 0 Å². The summed E-state index contributed by atoms with van der Waals surface area (Å²) in [4.78, 5) is 2.04. The van der Waals surface area contributed by atoms with Crippen LogP contribution in [0.2, 0.25) is 0 Å². The second kappa shape index (κ2) is 13.1. The van der Waals surface area contributed by atoms with Crippen molar-refractivity contribution in [3.05, 3.63) is 53.8 Å². The first kappa shape index (κ1) is 28.0. The topological polar surface area (TPSA) is 83.4 Å². The summed E-state index contributed by atoms with van der Waals surface area (Å²) in [7, 11) is 1.58. The smallest absolute Gasteiger partial charge is 0.419 e. The van der Waals surface area contributed by atoms with Crippen molar-refractivity contribution < 1.29 is 42.0 Å². The molecule has 0 aliphatic carbocycles. The first-order valence-electron chi connectivity index (χ1n) is 11.7. The van der Waals surface area contributed by atoms with Crippen molar-refractivity contribution >= 4 is 0 Å². The molecule has 0 amide bonds. The van der Waals surface area contributed by atoms with Gasteiger partial charge in [-0.1, -0.05) is 0 Å². The average Bonchev–Trinajstić information content (AvgIpc) is 2.86. The summed E-state index contributed by atoms with van der Waals surface area (Å²) >= 11 is 0. The fourth-order valence-corrected chi connectivity index (χ4v) is 3.90. The van der Waals surface area contributed by atoms with Crippen LogP contribution in [-0.4, -0.2) is 79.9 Å². The number of hydrogen-bond donors (Lipinski definition) is 3. The summed E-state index contributed by atoms with van der Waals surface area (Å²) in [5.74, 6) is -0.154. The van der Waals surface area contributed by atoms with E-state index in [1.807, 2.05) is 4.90 Å². The van der Waals surface area contributed by atoms with Crippen LogP contribution in [0.15, 0.2) is 42.5 Å². The molecule has 0 unspecified atom stereocenters. The standard InChI is InChI=1S/C25H32F4N2O5/c1-34-20-2-4-21(5-3-20)35-15-18(32)13-30-17-8-10-31(11-9-17)14-19(33)16-36-22-6-7-24(26)23(12-22)25(27,28)29/h2-7,12,17-19,30,32-33H,8-11,13-16H2,1H3/t18-,19-/m0/s1. The monoisotopic (exact) mass is 516 g/mol. The number of nitrogens with zero attached hydrogens (tertiary/aromatic N) is 1. The van der Waals surface area contributed by atoms with E-state index in [9.17, 15) is 27.8 Å². The second-order valence-corrected chi connectivity index (χ2v) is 8.73. The highest BCUT2D eigenvalue weighted by atomic mass is 19.4. The molecular formula is C25H32F4N2O5. The molecule has 1 aliphatic rings. The van der Waals surface area contributed by atoms with Gasteiger partial charge in [-0.25, -0.2) is 4.39 Å². The Labute approximate surface area is 207 Å².